The molecule has 3 heteroatoms. The van der Waals surface area contributed by atoms with Crippen molar-refractivity contribution >= 4 is 0 Å². The van der Waals surface area contributed by atoms with E-state index in [1.54, 1.807) is 0 Å². The number of nitrogens with zero attached hydrogens (tertiary/aromatic N) is 1. The molecule has 1 saturated carbocycles. The van der Waals surface area contributed by atoms with Crippen LogP contribution < -0.4 is 5.32 Å². The highest BCUT2D eigenvalue weighted by Gasteiger charge is 2.42. The zero-order valence-corrected chi connectivity index (χ0v) is 12.8. The molecule has 2 saturated heterocycles. The summed E-state index contributed by atoms with van der Waals surface area (Å²) in [6.45, 7) is 10.4. The molecule has 4 unspecified atom stereocenters. The van der Waals surface area contributed by atoms with Gasteiger partial charge < -0.3 is 10.1 Å². The van der Waals surface area contributed by atoms with E-state index in [0.717, 1.165) is 18.5 Å². The molecule has 110 valence electrons. The summed E-state index contributed by atoms with van der Waals surface area (Å²) in [5.41, 5.74) is 0.301. The zero-order chi connectivity index (χ0) is 13.5. The van der Waals surface area contributed by atoms with E-state index in [0.29, 0.717) is 17.7 Å². The van der Waals surface area contributed by atoms with Crippen molar-refractivity contribution in [2.24, 2.45) is 5.92 Å². The van der Waals surface area contributed by atoms with Crippen LogP contribution in [0.15, 0.2) is 0 Å². The molecule has 2 heterocycles. The molecule has 1 N–H and O–H groups in total. The minimum Gasteiger partial charge on any atom is -0.374 e. The zero-order valence-electron chi connectivity index (χ0n) is 12.8. The van der Waals surface area contributed by atoms with Crippen molar-refractivity contribution in [1.29, 1.82) is 0 Å². The van der Waals surface area contributed by atoms with Crippen LogP contribution in [0.4, 0.5) is 0 Å². The van der Waals surface area contributed by atoms with E-state index in [9.17, 15) is 0 Å². The van der Waals surface area contributed by atoms with Crippen LogP contribution in [0.5, 0.6) is 0 Å². The third-order valence-corrected chi connectivity index (χ3v) is 5.46. The van der Waals surface area contributed by atoms with Gasteiger partial charge in [-0.3, -0.25) is 4.90 Å². The first-order valence-electron chi connectivity index (χ1n) is 8.24. The summed E-state index contributed by atoms with van der Waals surface area (Å²) in [4.78, 5) is 2.75. The molecule has 3 rings (SSSR count). The lowest BCUT2D eigenvalue weighted by Crippen LogP contribution is -2.64. The van der Waals surface area contributed by atoms with Crippen molar-refractivity contribution in [3.05, 3.63) is 0 Å². The van der Waals surface area contributed by atoms with Gasteiger partial charge in [-0.15, -0.1) is 0 Å². The quantitative estimate of drug-likeness (QED) is 0.845. The van der Waals surface area contributed by atoms with E-state index in [2.05, 4.69) is 31.0 Å². The SMILES string of the molecule is CCC1(C)CN(CC2CCC(C)O2)C(C2CC2)CN1. The minimum atomic E-state index is 0.301. The molecule has 0 radical (unpaired) electrons. The summed E-state index contributed by atoms with van der Waals surface area (Å²) in [5, 5.41) is 3.80. The lowest BCUT2D eigenvalue weighted by molar-refractivity contribution is -0.00437. The second-order valence-electron chi connectivity index (χ2n) is 7.28. The molecular formula is C16H30N2O. The Morgan fingerprint density at radius 1 is 1.26 bits per heavy atom. The van der Waals surface area contributed by atoms with E-state index in [-0.39, 0.29) is 0 Å². The largest absolute Gasteiger partial charge is 0.374 e. The van der Waals surface area contributed by atoms with Gasteiger partial charge in [0.25, 0.3) is 0 Å². The van der Waals surface area contributed by atoms with Crippen LogP contribution in [0, 0.1) is 5.92 Å². The molecule has 0 aromatic heterocycles. The van der Waals surface area contributed by atoms with Gasteiger partial charge in [-0.25, -0.2) is 0 Å². The number of ether oxygens (including phenoxy) is 1. The Morgan fingerprint density at radius 3 is 2.63 bits per heavy atom. The molecule has 0 amide bonds. The smallest absolute Gasteiger partial charge is 0.0706 e. The molecule has 3 nitrogen and oxygen atoms in total. The van der Waals surface area contributed by atoms with Gasteiger partial charge in [0.2, 0.25) is 0 Å². The van der Waals surface area contributed by atoms with E-state index in [4.69, 9.17) is 4.74 Å². The summed E-state index contributed by atoms with van der Waals surface area (Å²) in [6.07, 6.45) is 7.55. The predicted molar refractivity (Wildman–Crippen MR) is 78.4 cm³/mol. The van der Waals surface area contributed by atoms with Crippen LogP contribution in [0.25, 0.3) is 0 Å². The molecular weight excluding hydrogens is 236 g/mol. The van der Waals surface area contributed by atoms with Gasteiger partial charge in [0, 0.05) is 31.2 Å². The second kappa shape index (κ2) is 5.34. The summed E-state index contributed by atoms with van der Waals surface area (Å²) in [7, 11) is 0. The van der Waals surface area contributed by atoms with Gasteiger partial charge in [-0.2, -0.15) is 0 Å². The second-order valence-corrected chi connectivity index (χ2v) is 7.28. The average Bonchev–Trinajstić information content (AvgIpc) is 3.14. The van der Waals surface area contributed by atoms with Crippen LogP contribution in [-0.4, -0.2) is 48.3 Å². The van der Waals surface area contributed by atoms with Crippen LogP contribution in [0.1, 0.15) is 52.9 Å². The molecule has 0 spiro atoms. The molecule has 3 aliphatic rings. The third kappa shape index (κ3) is 3.14. The first kappa shape index (κ1) is 13.8. The van der Waals surface area contributed by atoms with Crippen molar-refractivity contribution in [3.8, 4) is 0 Å². The van der Waals surface area contributed by atoms with Gasteiger partial charge in [0.15, 0.2) is 0 Å². The lowest BCUT2D eigenvalue weighted by Gasteiger charge is -2.47. The van der Waals surface area contributed by atoms with Gasteiger partial charge >= 0.3 is 0 Å². The first-order chi connectivity index (χ1) is 9.09. The molecule has 3 fully saturated rings. The summed E-state index contributed by atoms with van der Waals surface area (Å²) < 4.78 is 6.05. The third-order valence-electron chi connectivity index (χ3n) is 5.46. The van der Waals surface area contributed by atoms with Crippen molar-refractivity contribution in [2.75, 3.05) is 19.6 Å². The summed E-state index contributed by atoms with van der Waals surface area (Å²) in [6, 6.07) is 0.763. The van der Waals surface area contributed by atoms with Gasteiger partial charge in [0.1, 0.15) is 0 Å². The number of nitrogens with one attached hydrogen (secondary N) is 1. The van der Waals surface area contributed by atoms with Gasteiger partial charge in [-0.05, 0) is 51.9 Å². The van der Waals surface area contributed by atoms with Crippen molar-refractivity contribution in [2.45, 2.75) is 76.7 Å². The maximum Gasteiger partial charge on any atom is 0.0706 e. The average molecular weight is 266 g/mol. The highest BCUT2D eigenvalue weighted by molar-refractivity contribution is 5.00. The Kier molecular flexibility index (Phi) is 3.89. The number of rotatable bonds is 4. The standard InChI is InChI=1S/C16H30N2O/c1-4-16(3)11-18(10-14-8-5-12(2)19-14)15(9-17-16)13-6-7-13/h12-15,17H,4-11H2,1-3H3. The number of hydrogen-bond donors (Lipinski definition) is 1. The maximum atomic E-state index is 6.05. The van der Waals surface area contributed by atoms with Crippen molar-refractivity contribution in [3.63, 3.8) is 0 Å². The fourth-order valence-corrected chi connectivity index (χ4v) is 3.77. The topological polar surface area (TPSA) is 24.5 Å². The van der Waals surface area contributed by atoms with Crippen LogP contribution in [0.3, 0.4) is 0 Å². The Morgan fingerprint density at radius 2 is 2.05 bits per heavy atom. The highest BCUT2D eigenvalue weighted by Crippen LogP contribution is 2.38. The van der Waals surface area contributed by atoms with E-state index < -0.39 is 0 Å². The minimum absolute atomic E-state index is 0.301. The van der Waals surface area contributed by atoms with Crippen LogP contribution in [0.2, 0.25) is 0 Å². The Bertz CT molecular complexity index is 318. The monoisotopic (exact) mass is 266 g/mol. The van der Waals surface area contributed by atoms with Crippen molar-refractivity contribution < 1.29 is 4.74 Å². The van der Waals surface area contributed by atoms with Crippen LogP contribution >= 0.6 is 0 Å². The Balaban J connectivity index is 1.63. The Hall–Kier alpha value is -0.120. The predicted octanol–water partition coefficient (Wildman–Crippen LogP) is 2.41. The molecule has 1 aliphatic carbocycles. The molecule has 19 heavy (non-hydrogen) atoms. The summed E-state index contributed by atoms with van der Waals surface area (Å²) in [5.74, 6) is 0.952. The maximum absolute atomic E-state index is 6.05. The molecule has 0 bridgehead atoms. The molecule has 0 aromatic rings. The summed E-state index contributed by atoms with van der Waals surface area (Å²) >= 11 is 0. The van der Waals surface area contributed by atoms with Gasteiger partial charge in [0.05, 0.1) is 12.2 Å². The van der Waals surface area contributed by atoms with E-state index in [1.165, 1.54) is 45.2 Å². The molecule has 0 aromatic carbocycles. The van der Waals surface area contributed by atoms with E-state index in [1.807, 2.05) is 0 Å². The molecule has 4 atom stereocenters. The first-order valence-corrected chi connectivity index (χ1v) is 8.24. The van der Waals surface area contributed by atoms with Gasteiger partial charge in [-0.1, -0.05) is 6.92 Å². The Labute approximate surface area is 118 Å². The normalized spacial score (nSPS) is 44.7. The number of piperazine rings is 1. The fourth-order valence-electron chi connectivity index (χ4n) is 3.77. The van der Waals surface area contributed by atoms with Crippen LogP contribution in [-0.2, 0) is 4.74 Å². The highest BCUT2D eigenvalue weighted by atomic mass is 16.5. The number of hydrogen-bond acceptors (Lipinski definition) is 3. The van der Waals surface area contributed by atoms with E-state index >= 15 is 0 Å². The lowest BCUT2D eigenvalue weighted by atomic mass is 9.91. The fraction of sp³-hybridized carbons (Fsp3) is 1.00. The molecule has 2 aliphatic heterocycles. The van der Waals surface area contributed by atoms with Crippen molar-refractivity contribution in [1.82, 2.24) is 10.2 Å².